The van der Waals surface area contributed by atoms with Crippen molar-refractivity contribution in [3.63, 3.8) is 0 Å². The zero-order valence-corrected chi connectivity index (χ0v) is 10.2. The summed E-state index contributed by atoms with van der Waals surface area (Å²) < 4.78 is 11.4. The lowest BCUT2D eigenvalue weighted by Crippen LogP contribution is -2.44. The summed E-state index contributed by atoms with van der Waals surface area (Å²) in [4.78, 5) is 0. The van der Waals surface area contributed by atoms with Crippen LogP contribution in [-0.2, 0) is 9.47 Å². The fraction of sp³-hybridized carbons (Fsp3) is 0.846. The molecule has 2 fully saturated rings. The van der Waals surface area contributed by atoms with Crippen molar-refractivity contribution in [1.82, 2.24) is 5.32 Å². The van der Waals surface area contributed by atoms with Crippen molar-refractivity contribution >= 4 is 0 Å². The molecule has 1 aliphatic heterocycles. The first-order valence-corrected chi connectivity index (χ1v) is 6.39. The van der Waals surface area contributed by atoms with Gasteiger partial charge in [0.15, 0.2) is 5.79 Å². The third-order valence-electron chi connectivity index (χ3n) is 3.60. The SMILES string of the molecule is C=CCC(C)NC1CCC2(CC1)OCCO2. The molecule has 1 atom stereocenters. The minimum Gasteiger partial charge on any atom is -0.348 e. The highest BCUT2D eigenvalue weighted by molar-refractivity contribution is 4.87. The van der Waals surface area contributed by atoms with E-state index in [4.69, 9.17) is 9.47 Å². The maximum atomic E-state index is 5.72. The minimum absolute atomic E-state index is 0.222. The molecule has 0 aromatic carbocycles. The molecule has 0 radical (unpaired) electrons. The van der Waals surface area contributed by atoms with Gasteiger partial charge in [0.25, 0.3) is 0 Å². The third kappa shape index (κ3) is 2.84. The molecule has 1 spiro atoms. The van der Waals surface area contributed by atoms with Crippen molar-refractivity contribution in [1.29, 1.82) is 0 Å². The first-order valence-electron chi connectivity index (χ1n) is 6.39. The number of hydrogen-bond donors (Lipinski definition) is 1. The molecular weight excluding hydrogens is 202 g/mol. The summed E-state index contributed by atoms with van der Waals surface area (Å²) in [7, 11) is 0. The number of ether oxygens (including phenoxy) is 2. The first kappa shape index (κ1) is 12.1. The highest BCUT2D eigenvalue weighted by Gasteiger charge is 2.40. The van der Waals surface area contributed by atoms with Gasteiger partial charge in [-0.05, 0) is 26.2 Å². The van der Waals surface area contributed by atoms with Gasteiger partial charge in [-0.25, -0.2) is 0 Å². The molecule has 1 heterocycles. The predicted octanol–water partition coefficient (Wildman–Crippen LogP) is 2.23. The summed E-state index contributed by atoms with van der Waals surface area (Å²) >= 11 is 0. The smallest absolute Gasteiger partial charge is 0.168 e. The standard InChI is InChI=1S/C13H23NO2/c1-3-4-11(2)14-12-5-7-13(8-6-12)15-9-10-16-13/h3,11-12,14H,1,4-10H2,2H3. The van der Waals surface area contributed by atoms with Crippen LogP contribution in [0.2, 0.25) is 0 Å². The maximum Gasteiger partial charge on any atom is 0.168 e. The Morgan fingerprint density at radius 1 is 1.38 bits per heavy atom. The molecular formula is C13H23NO2. The van der Waals surface area contributed by atoms with E-state index in [2.05, 4.69) is 18.8 Å². The van der Waals surface area contributed by atoms with Crippen LogP contribution < -0.4 is 5.32 Å². The fourth-order valence-corrected chi connectivity index (χ4v) is 2.73. The van der Waals surface area contributed by atoms with Gasteiger partial charge in [0.1, 0.15) is 0 Å². The fourth-order valence-electron chi connectivity index (χ4n) is 2.73. The molecule has 1 saturated carbocycles. The molecule has 1 unspecified atom stereocenters. The number of rotatable bonds is 4. The van der Waals surface area contributed by atoms with Gasteiger partial charge in [0.05, 0.1) is 13.2 Å². The van der Waals surface area contributed by atoms with Gasteiger partial charge in [-0.2, -0.15) is 0 Å². The predicted molar refractivity (Wildman–Crippen MR) is 64.3 cm³/mol. The van der Waals surface area contributed by atoms with E-state index < -0.39 is 0 Å². The molecule has 2 rings (SSSR count). The van der Waals surface area contributed by atoms with Crippen LogP contribution >= 0.6 is 0 Å². The summed E-state index contributed by atoms with van der Waals surface area (Å²) in [6.45, 7) is 7.53. The van der Waals surface area contributed by atoms with Gasteiger partial charge in [-0.3, -0.25) is 0 Å². The monoisotopic (exact) mass is 225 g/mol. The second-order valence-corrected chi connectivity index (χ2v) is 4.97. The molecule has 1 N–H and O–H groups in total. The van der Waals surface area contributed by atoms with E-state index in [0.717, 1.165) is 45.3 Å². The molecule has 0 bridgehead atoms. The Balaban J connectivity index is 1.74. The topological polar surface area (TPSA) is 30.5 Å². The number of hydrogen-bond acceptors (Lipinski definition) is 3. The minimum atomic E-state index is -0.222. The molecule has 1 aliphatic carbocycles. The van der Waals surface area contributed by atoms with Crippen LogP contribution in [0.15, 0.2) is 12.7 Å². The van der Waals surface area contributed by atoms with Crippen LogP contribution in [0.25, 0.3) is 0 Å². The Morgan fingerprint density at radius 2 is 2.00 bits per heavy atom. The van der Waals surface area contributed by atoms with Crippen LogP contribution in [0.1, 0.15) is 39.0 Å². The third-order valence-corrected chi connectivity index (χ3v) is 3.60. The second-order valence-electron chi connectivity index (χ2n) is 4.97. The van der Waals surface area contributed by atoms with E-state index >= 15 is 0 Å². The molecule has 2 aliphatic rings. The second kappa shape index (κ2) is 5.30. The molecule has 3 heteroatoms. The summed E-state index contributed by atoms with van der Waals surface area (Å²) in [5, 5.41) is 3.64. The van der Waals surface area contributed by atoms with E-state index in [1.165, 1.54) is 0 Å². The molecule has 3 nitrogen and oxygen atoms in total. The molecule has 16 heavy (non-hydrogen) atoms. The molecule has 0 amide bonds. The van der Waals surface area contributed by atoms with Crippen LogP contribution in [0.4, 0.5) is 0 Å². The zero-order chi connectivity index (χ0) is 11.4. The van der Waals surface area contributed by atoms with Crippen LogP contribution in [0, 0.1) is 0 Å². The van der Waals surface area contributed by atoms with E-state index in [9.17, 15) is 0 Å². The summed E-state index contributed by atoms with van der Waals surface area (Å²) in [6, 6.07) is 1.15. The zero-order valence-electron chi connectivity index (χ0n) is 10.2. The highest BCUT2D eigenvalue weighted by atomic mass is 16.7. The van der Waals surface area contributed by atoms with Crippen molar-refractivity contribution in [2.75, 3.05) is 13.2 Å². The van der Waals surface area contributed by atoms with E-state index in [1.54, 1.807) is 0 Å². The quantitative estimate of drug-likeness (QED) is 0.744. The lowest BCUT2D eigenvalue weighted by atomic mass is 9.89. The Bertz CT molecular complexity index is 226. The van der Waals surface area contributed by atoms with Crippen molar-refractivity contribution in [2.24, 2.45) is 0 Å². The lowest BCUT2D eigenvalue weighted by molar-refractivity contribution is -0.179. The van der Waals surface area contributed by atoms with Gasteiger partial charge in [0.2, 0.25) is 0 Å². The van der Waals surface area contributed by atoms with Crippen molar-refractivity contribution < 1.29 is 9.47 Å². The van der Waals surface area contributed by atoms with Crippen molar-refractivity contribution in [3.8, 4) is 0 Å². The Morgan fingerprint density at radius 3 is 2.56 bits per heavy atom. The van der Waals surface area contributed by atoms with Gasteiger partial charge < -0.3 is 14.8 Å². The van der Waals surface area contributed by atoms with Gasteiger partial charge >= 0.3 is 0 Å². The maximum absolute atomic E-state index is 5.72. The summed E-state index contributed by atoms with van der Waals surface area (Å²) in [6.07, 6.45) is 7.39. The van der Waals surface area contributed by atoms with Crippen LogP contribution in [0.3, 0.4) is 0 Å². The van der Waals surface area contributed by atoms with Crippen LogP contribution in [-0.4, -0.2) is 31.1 Å². The Kier molecular flexibility index (Phi) is 4.00. The highest BCUT2D eigenvalue weighted by Crippen LogP contribution is 2.35. The molecule has 92 valence electrons. The molecule has 0 aromatic heterocycles. The lowest BCUT2D eigenvalue weighted by Gasteiger charge is -2.36. The van der Waals surface area contributed by atoms with Gasteiger partial charge in [-0.1, -0.05) is 6.08 Å². The molecule has 0 aromatic rings. The van der Waals surface area contributed by atoms with Crippen molar-refractivity contribution in [2.45, 2.75) is 56.9 Å². The van der Waals surface area contributed by atoms with E-state index in [0.29, 0.717) is 12.1 Å². The van der Waals surface area contributed by atoms with E-state index in [1.807, 2.05) is 6.08 Å². The van der Waals surface area contributed by atoms with Gasteiger partial charge in [0, 0.05) is 24.9 Å². The normalized spacial score (nSPS) is 27.1. The van der Waals surface area contributed by atoms with Gasteiger partial charge in [-0.15, -0.1) is 6.58 Å². The Labute approximate surface area is 98.2 Å². The average molecular weight is 225 g/mol. The first-order chi connectivity index (χ1) is 7.74. The number of nitrogens with one attached hydrogen (secondary N) is 1. The molecule has 1 saturated heterocycles. The average Bonchev–Trinajstić information content (AvgIpc) is 2.71. The van der Waals surface area contributed by atoms with E-state index in [-0.39, 0.29) is 5.79 Å². The Hall–Kier alpha value is -0.380. The summed E-state index contributed by atoms with van der Waals surface area (Å²) in [5.74, 6) is -0.222. The van der Waals surface area contributed by atoms with Crippen molar-refractivity contribution in [3.05, 3.63) is 12.7 Å². The summed E-state index contributed by atoms with van der Waals surface area (Å²) in [5.41, 5.74) is 0. The largest absolute Gasteiger partial charge is 0.348 e. The van der Waals surface area contributed by atoms with Crippen LogP contribution in [0.5, 0.6) is 0 Å².